The van der Waals surface area contributed by atoms with Crippen LogP contribution in [0.2, 0.25) is 0 Å². The van der Waals surface area contributed by atoms with Gasteiger partial charge in [-0.1, -0.05) is 31.0 Å². The minimum atomic E-state index is -0.805. The van der Waals surface area contributed by atoms with Crippen molar-refractivity contribution in [2.24, 2.45) is 11.8 Å². The molecule has 4 aliphatic heterocycles. The lowest BCUT2D eigenvalue weighted by Gasteiger charge is -2.45. The van der Waals surface area contributed by atoms with E-state index in [-0.39, 0.29) is 41.0 Å². The summed E-state index contributed by atoms with van der Waals surface area (Å²) in [5.41, 5.74) is 2.53. The average molecular weight is 727 g/mol. The summed E-state index contributed by atoms with van der Waals surface area (Å²) in [6, 6.07) is 17.5. The van der Waals surface area contributed by atoms with E-state index in [9.17, 15) is 29.0 Å². The van der Waals surface area contributed by atoms with E-state index in [0.29, 0.717) is 72.0 Å². The highest BCUT2D eigenvalue weighted by atomic mass is 19.1. The van der Waals surface area contributed by atoms with E-state index < -0.39 is 6.10 Å². The number of hydrogen-bond acceptors (Lipinski definition) is 9. The van der Waals surface area contributed by atoms with E-state index in [1.165, 1.54) is 24.3 Å². The number of pyridine rings is 1. The lowest BCUT2D eigenvalue weighted by atomic mass is 9.85. The Labute approximate surface area is 307 Å². The summed E-state index contributed by atoms with van der Waals surface area (Å²) in [6.45, 7) is 5.15. The molecule has 3 aromatic carbocycles. The van der Waals surface area contributed by atoms with Gasteiger partial charge in [0.15, 0.2) is 0 Å². The number of nitrogens with one attached hydrogen (secondary N) is 2. The first-order valence-corrected chi connectivity index (χ1v) is 18.7. The van der Waals surface area contributed by atoms with Crippen LogP contribution in [0.3, 0.4) is 0 Å². The van der Waals surface area contributed by atoms with Crippen molar-refractivity contribution < 1.29 is 33.7 Å². The number of H-pyrrole nitrogens is 1. The molecule has 1 amide bonds. The highest BCUT2D eigenvalue weighted by Crippen LogP contribution is 2.34. The predicted molar refractivity (Wildman–Crippen MR) is 198 cm³/mol. The summed E-state index contributed by atoms with van der Waals surface area (Å²) in [6.07, 6.45) is 4.91. The Morgan fingerprint density at radius 2 is 1.72 bits per heavy atom. The lowest BCUT2D eigenvalue weighted by molar-refractivity contribution is -0.168. The van der Waals surface area contributed by atoms with E-state index in [2.05, 4.69) is 15.2 Å². The van der Waals surface area contributed by atoms with Crippen molar-refractivity contribution >= 4 is 22.8 Å². The molecule has 4 saturated heterocycles. The van der Waals surface area contributed by atoms with Gasteiger partial charge in [0.1, 0.15) is 23.4 Å². The van der Waals surface area contributed by atoms with Crippen molar-refractivity contribution in [1.29, 1.82) is 0 Å². The largest absolute Gasteiger partial charge is 0.506 e. The number of likely N-dealkylation sites (tertiary alicyclic amines) is 1. The third-order valence-electron chi connectivity index (χ3n) is 10.9. The highest BCUT2D eigenvalue weighted by molar-refractivity contribution is 5.97. The molecule has 4 N–H and O–H groups in total. The van der Waals surface area contributed by atoms with E-state index >= 15 is 0 Å². The number of aliphatic hydroxyl groups excluding tert-OH is 1. The van der Waals surface area contributed by atoms with Crippen molar-refractivity contribution in [2.45, 2.75) is 50.7 Å². The molecule has 2 atom stereocenters. The summed E-state index contributed by atoms with van der Waals surface area (Å²) in [4.78, 5) is 44.6. The van der Waals surface area contributed by atoms with E-state index in [1.807, 2.05) is 0 Å². The summed E-state index contributed by atoms with van der Waals surface area (Å²) < 4.78 is 25.9. The number of aromatic amines is 1. The number of nitrogens with zero attached hydrogens (tertiary/aromatic N) is 2. The molecule has 4 aliphatic rings. The average Bonchev–Trinajstić information content (AvgIpc) is 3.14. The molecule has 0 unspecified atom stereocenters. The molecule has 1 aromatic heterocycles. The van der Waals surface area contributed by atoms with Gasteiger partial charge in [0.25, 0.3) is 5.91 Å². The molecule has 0 saturated carbocycles. The maximum absolute atomic E-state index is 13.8. The smallest absolute Gasteiger partial charge is 0.312 e. The molecule has 0 spiro atoms. The van der Waals surface area contributed by atoms with Crippen LogP contribution in [0.5, 0.6) is 11.5 Å². The second-order valence-corrected chi connectivity index (χ2v) is 14.5. The molecule has 4 aromatic rings. The Morgan fingerprint density at radius 1 is 0.943 bits per heavy atom. The fourth-order valence-corrected chi connectivity index (χ4v) is 7.70. The SMILES string of the molecule is O=C(O[C@H]1CN2CCC1CC2)C1CN(C(=O)c2ccc(OCCCCCCNC[C@H](O)c3ccc(O)c4[nH]c(=O)ccc34)c(-c3ccc(F)cc3)c2)C1. The van der Waals surface area contributed by atoms with Gasteiger partial charge in [-0.15, -0.1) is 0 Å². The monoisotopic (exact) mass is 726 g/mol. The van der Waals surface area contributed by atoms with Crippen LogP contribution < -0.4 is 15.6 Å². The van der Waals surface area contributed by atoms with Crippen LogP contribution in [-0.4, -0.2) is 95.4 Å². The van der Waals surface area contributed by atoms with Crippen molar-refractivity contribution in [3.8, 4) is 22.6 Å². The van der Waals surface area contributed by atoms with Crippen molar-refractivity contribution in [3.05, 3.63) is 94.0 Å². The summed E-state index contributed by atoms with van der Waals surface area (Å²) in [7, 11) is 0. The number of fused-ring (bicyclic) bond motifs is 4. The predicted octanol–water partition coefficient (Wildman–Crippen LogP) is 5.01. The number of phenols is 1. The van der Waals surface area contributed by atoms with Crippen LogP contribution in [0.1, 0.15) is 60.6 Å². The van der Waals surface area contributed by atoms with Crippen LogP contribution in [0.15, 0.2) is 71.5 Å². The molecular weight excluding hydrogens is 679 g/mol. The first-order chi connectivity index (χ1) is 25.7. The van der Waals surface area contributed by atoms with Crippen molar-refractivity contribution in [2.75, 3.05) is 52.4 Å². The van der Waals surface area contributed by atoms with E-state index in [4.69, 9.17) is 9.47 Å². The zero-order valence-corrected chi connectivity index (χ0v) is 29.8. The second kappa shape index (κ2) is 16.5. The third-order valence-corrected chi connectivity index (χ3v) is 10.9. The normalized spacial score (nSPS) is 20.3. The molecule has 12 heteroatoms. The number of carbonyl (C=O) groups is 2. The number of unbranched alkanes of at least 4 members (excludes halogenated alkanes) is 3. The zero-order chi connectivity index (χ0) is 36.9. The molecule has 2 bridgehead atoms. The highest BCUT2D eigenvalue weighted by Gasteiger charge is 2.41. The third kappa shape index (κ3) is 8.56. The van der Waals surface area contributed by atoms with Gasteiger partial charge in [0.2, 0.25) is 5.56 Å². The van der Waals surface area contributed by atoms with Gasteiger partial charge in [-0.3, -0.25) is 19.3 Å². The molecule has 280 valence electrons. The Bertz CT molecular complexity index is 1970. The second-order valence-electron chi connectivity index (χ2n) is 14.5. The van der Waals surface area contributed by atoms with Gasteiger partial charge in [-0.2, -0.15) is 0 Å². The summed E-state index contributed by atoms with van der Waals surface area (Å²) in [5.74, 6) is -0.0262. The first kappa shape index (κ1) is 36.6. The van der Waals surface area contributed by atoms with Gasteiger partial charge < -0.3 is 34.9 Å². The standard InChI is InChI=1S/C41H47FN4O7/c42-30-8-5-26(6-9-30)33-21-28(40(50)46-23-29(24-46)41(51)53-37-25-45-18-15-27(37)16-19-45)7-13-36(33)52-20-4-2-1-3-17-43-22-35(48)31-10-12-34(47)39-32(31)11-14-38(49)44-39/h5-14,21,27,29,35,37,43,47-48H,1-4,15-20,22-25H2,(H,44,49)/t35-,37-/m0/s1. The number of aliphatic hydroxyl groups is 1. The van der Waals surface area contributed by atoms with Crippen LogP contribution in [0, 0.1) is 17.7 Å². The number of halogens is 1. The van der Waals surface area contributed by atoms with Crippen LogP contribution >= 0.6 is 0 Å². The van der Waals surface area contributed by atoms with E-state index in [0.717, 1.165) is 63.7 Å². The van der Waals surface area contributed by atoms with Gasteiger partial charge in [0, 0.05) is 48.8 Å². The Balaban J connectivity index is 0.859. The van der Waals surface area contributed by atoms with Gasteiger partial charge in [-0.05, 0) is 105 Å². The summed E-state index contributed by atoms with van der Waals surface area (Å²) >= 11 is 0. The number of rotatable bonds is 15. The lowest BCUT2D eigenvalue weighted by Crippen LogP contribution is -2.56. The molecule has 8 rings (SSSR count). The Hall–Kier alpha value is -4.78. The van der Waals surface area contributed by atoms with Gasteiger partial charge in [-0.25, -0.2) is 4.39 Å². The molecule has 5 heterocycles. The Morgan fingerprint density at radius 3 is 2.47 bits per heavy atom. The Kier molecular flexibility index (Phi) is 11.4. The number of amides is 1. The quantitative estimate of drug-likeness (QED) is 0.0982. The maximum Gasteiger partial charge on any atom is 0.312 e. The number of benzene rings is 3. The van der Waals surface area contributed by atoms with E-state index in [1.54, 1.807) is 47.4 Å². The molecule has 53 heavy (non-hydrogen) atoms. The fourth-order valence-electron chi connectivity index (χ4n) is 7.70. The van der Waals surface area contributed by atoms with Gasteiger partial charge >= 0.3 is 5.97 Å². The minimum Gasteiger partial charge on any atom is -0.506 e. The molecular formula is C41H47FN4O7. The number of hydrogen-bond donors (Lipinski definition) is 4. The summed E-state index contributed by atoms with van der Waals surface area (Å²) in [5, 5.41) is 24.7. The number of aromatic nitrogens is 1. The van der Waals surface area contributed by atoms with Crippen molar-refractivity contribution in [3.63, 3.8) is 0 Å². The number of esters is 1. The number of ether oxygens (including phenoxy) is 2. The molecule has 0 aliphatic carbocycles. The fraction of sp³-hybridized carbons (Fsp3) is 0.439. The van der Waals surface area contributed by atoms with Gasteiger partial charge in [0.05, 0.1) is 24.1 Å². The topological polar surface area (TPSA) is 144 Å². The number of piperidine rings is 3. The van der Waals surface area contributed by atoms with Crippen LogP contribution in [0.4, 0.5) is 4.39 Å². The maximum atomic E-state index is 13.8. The molecule has 11 nitrogen and oxygen atoms in total. The first-order valence-electron chi connectivity index (χ1n) is 18.7. The molecule has 0 radical (unpaired) electrons. The molecule has 4 fully saturated rings. The zero-order valence-electron chi connectivity index (χ0n) is 29.8. The van der Waals surface area contributed by atoms with Crippen molar-refractivity contribution in [1.82, 2.24) is 20.1 Å². The van der Waals surface area contributed by atoms with Crippen LogP contribution in [-0.2, 0) is 9.53 Å². The number of aromatic hydroxyl groups is 1. The minimum absolute atomic E-state index is 0.0414. The number of carbonyl (C=O) groups excluding carboxylic acids is 2. The number of phenolic OH excluding ortho intramolecular Hbond substituents is 1. The van der Waals surface area contributed by atoms with Crippen LogP contribution in [0.25, 0.3) is 22.0 Å².